The molecule has 0 N–H and O–H groups in total. The highest BCUT2D eigenvalue weighted by molar-refractivity contribution is 5.95. The largest absolute Gasteiger partial charge is 0.466 e. The first-order valence-corrected chi connectivity index (χ1v) is 8.19. The molecule has 6 nitrogen and oxygen atoms in total. The van der Waals surface area contributed by atoms with Crippen LogP contribution >= 0.6 is 0 Å². The number of amides is 2. The number of likely N-dealkylation sites (tertiary alicyclic amines) is 1. The monoisotopic (exact) mass is 320 g/mol. The smallest absolute Gasteiger partial charge is 0.257 e. The topological polar surface area (TPSA) is 63.0 Å². The average Bonchev–Trinajstić information content (AvgIpc) is 2.73. The minimum Gasteiger partial charge on any atom is -0.466 e. The van der Waals surface area contributed by atoms with Crippen molar-refractivity contribution in [3.8, 4) is 0 Å². The predicted molar refractivity (Wildman–Crippen MR) is 84.2 cm³/mol. The molecule has 2 aliphatic heterocycles. The van der Waals surface area contributed by atoms with Crippen molar-refractivity contribution in [2.24, 2.45) is 5.92 Å². The molecule has 23 heavy (non-hydrogen) atoms. The summed E-state index contributed by atoms with van der Waals surface area (Å²) in [5.41, 5.74) is 0.639. The first-order chi connectivity index (χ1) is 11.0. The van der Waals surface area contributed by atoms with Gasteiger partial charge in [0.2, 0.25) is 5.91 Å². The summed E-state index contributed by atoms with van der Waals surface area (Å²) in [5, 5.41) is 0. The van der Waals surface area contributed by atoms with Gasteiger partial charge >= 0.3 is 0 Å². The highest BCUT2D eigenvalue weighted by Crippen LogP contribution is 2.26. The molecule has 2 aliphatic rings. The molecule has 126 valence electrons. The van der Waals surface area contributed by atoms with Crippen LogP contribution in [-0.2, 0) is 9.53 Å². The maximum atomic E-state index is 12.7. The maximum absolute atomic E-state index is 12.7. The van der Waals surface area contributed by atoms with Crippen molar-refractivity contribution in [3.63, 3.8) is 0 Å². The first kappa shape index (κ1) is 16.1. The highest BCUT2D eigenvalue weighted by atomic mass is 16.5. The lowest BCUT2D eigenvalue weighted by atomic mass is 9.93. The van der Waals surface area contributed by atoms with Gasteiger partial charge in [-0.3, -0.25) is 9.59 Å². The van der Waals surface area contributed by atoms with E-state index in [-0.39, 0.29) is 17.9 Å². The van der Waals surface area contributed by atoms with Crippen molar-refractivity contribution in [1.29, 1.82) is 0 Å². The molecular formula is C17H24N2O4. The van der Waals surface area contributed by atoms with Crippen LogP contribution in [0.1, 0.15) is 35.2 Å². The summed E-state index contributed by atoms with van der Waals surface area (Å²) in [7, 11) is 0. The van der Waals surface area contributed by atoms with E-state index < -0.39 is 0 Å². The Morgan fingerprint density at radius 1 is 1.17 bits per heavy atom. The van der Waals surface area contributed by atoms with Crippen molar-refractivity contribution in [1.82, 2.24) is 9.80 Å². The van der Waals surface area contributed by atoms with E-state index in [0.717, 1.165) is 18.7 Å². The summed E-state index contributed by atoms with van der Waals surface area (Å²) in [6.07, 6.45) is 0.862. The lowest BCUT2D eigenvalue weighted by molar-refractivity contribution is -0.129. The number of hydrogen-bond donors (Lipinski definition) is 0. The van der Waals surface area contributed by atoms with Crippen molar-refractivity contribution in [2.45, 2.75) is 33.3 Å². The van der Waals surface area contributed by atoms with Crippen LogP contribution in [0.3, 0.4) is 0 Å². The van der Waals surface area contributed by atoms with Gasteiger partial charge in [0.1, 0.15) is 11.5 Å². The molecule has 0 aromatic carbocycles. The zero-order valence-electron chi connectivity index (χ0n) is 14.0. The Kier molecular flexibility index (Phi) is 4.43. The Hall–Kier alpha value is -1.82. The first-order valence-electron chi connectivity index (χ1n) is 8.19. The van der Waals surface area contributed by atoms with Crippen LogP contribution in [0.2, 0.25) is 0 Å². The fraction of sp³-hybridized carbons (Fsp3) is 0.647. The fourth-order valence-electron chi connectivity index (χ4n) is 3.54. The highest BCUT2D eigenvalue weighted by Gasteiger charge is 2.36. The Morgan fingerprint density at radius 3 is 2.61 bits per heavy atom. The molecule has 2 fully saturated rings. The van der Waals surface area contributed by atoms with Gasteiger partial charge in [0, 0.05) is 39.0 Å². The van der Waals surface area contributed by atoms with E-state index in [4.69, 9.17) is 9.15 Å². The van der Waals surface area contributed by atoms with Crippen LogP contribution in [0.15, 0.2) is 10.5 Å². The Morgan fingerprint density at radius 2 is 1.96 bits per heavy atom. The van der Waals surface area contributed by atoms with Crippen molar-refractivity contribution in [2.75, 3.05) is 32.8 Å². The number of carbonyl (C=O) groups excluding carboxylic acids is 2. The zero-order valence-corrected chi connectivity index (χ0v) is 14.0. The van der Waals surface area contributed by atoms with E-state index in [0.29, 0.717) is 43.5 Å². The van der Waals surface area contributed by atoms with Crippen molar-refractivity contribution >= 4 is 11.8 Å². The number of aryl methyl sites for hydroxylation is 2. The van der Waals surface area contributed by atoms with Crippen LogP contribution in [-0.4, -0.2) is 60.5 Å². The SMILES string of the molecule is CC(=O)N1CCO[C@@H]2CN(C(=O)c3cc(C)oc3C)CC[C@@H]2C1. The van der Waals surface area contributed by atoms with E-state index in [1.54, 1.807) is 13.0 Å². The number of fused-ring (bicyclic) bond motifs is 1. The summed E-state index contributed by atoms with van der Waals surface area (Å²) >= 11 is 0. The molecule has 1 aromatic heterocycles. The predicted octanol–water partition coefficient (Wildman–Crippen LogP) is 1.61. The standard InChI is InChI=1S/C17H24N2O4/c1-11-8-15(12(2)23-11)17(21)19-5-4-14-9-18(13(3)20)6-7-22-16(14)10-19/h8,14,16H,4-7,9-10H2,1-3H3/t14-,16-/m1/s1. The minimum absolute atomic E-state index is 0.00496. The zero-order chi connectivity index (χ0) is 16.6. The molecule has 0 bridgehead atoms. The number of piperidine rings is 1. The third-order valence-corrected chi connectivity index (χ3v) is 4.85. The summed E-state index contributed by atoms with van der Waals surface area (Å²) < 4.78 is 11.4. The molecule has 3 heterocycles. The second kappa shape index (κ2) is 6.35. The molecule has 2 amide bonds. The van der Waals surface area contributed by atoms with Crippen LogP contribution in [0, 0.1) is 19.8 Å². The summed E-state index contributed by atoms with van der Waals surface area (Å²) in [4.78, 5) is 28.0. The van der Waals surface area contributed by atoms with E-state index in [2.05, 4.69) is 0 Å². The van der Waals surface area contributed by atoms with Gasteiger partial charge < -0.3 is 19.0 Å². The minimum atomic E-state index is 0.00496. The van der Waals surface area contributed by atoms with Crippen LogP contribution in [0.25, 0.3) is 0 Å². The molecule has 0 saturated carbocycles. The maximum Gasteiger partial charge on any atom is 0.257 e. The second-order valence-electron chi connectivity index (χ2n) is 6.50. The van der Waals surface area contributed by atoms with Gasteiger partial charge in [-0.1, -0.05) is 0 Å². The summed E-state index contributed by atoms with van der Waals surface area (Å²) in [6.45, 7) is 8.44. The molecule has 3 rings (SSSR count). The van der Waals surface area contributed by atoms with Gasteiger partial charge in [0.05, 0.1) is 18.3 Å². The van der Waals surface area contributed by atoms with Gasteiger partial charge in [-0.2, -0.15) is 0 Å². The van der Waals surface area contributed by atoms with E-state index >= 15 is 0 Å². The Labute approximate surface area is 136 Å². The van der Waals surface area contributed by atoms with Crippen LogP contribution in [0.4, 0.5) is 0 Å². The van der Waals surface area contributed by atoms with Crippen molar-refractivity contribution < 1.29 is 18.7 Å². The average molecular weight is 320 g/mol. The quantitative estimate of drug-likeness (QED) is 0.788. The van der Waals surface area contributed by atoms with Gasteiger partial charge in [-0.25, -0.2) is 0 Å². The van der Waals surface area contributed by atoms with Crippen LogP contribution < -0.4 is 0 Å². The summed E-state index contributed by atoms with van der Waals surface area (Å²) in [5.74, 6) is 1.83. The summed E-state index contributed by atoms with van der Waals surface area (Å²) in [6, 6.07) is 1.80. The van der Waals surface area contributed by atoms with Gasteiger partial charge in [-0.05, 0) is 26.3 Å². The molecule has 0 radical (unpaired) electrons. The molecule has 0 unspecified atom stereocenters. The van der Waals surface area contributed by atoms with Gasteiger partial charge in [0.15, 0.2) is 0 Å². The number of rotatable bonds is 1. The second-order valence-corrected chi connectivity index (χ2v) is 6.50. The lowest BCUT2D eigenvalue weighted by Gasteiger charge is -2.37. The molecule has 1 aromatic rings. The third-order valence-electron chi connectivity index (χ3n) is 4.85. The molecule has 0 aliphatic carbocycles. The number of nitrogens with zero attached hydrogens (tertiary/aromatic N) is 2. The van der Waals surface area contributed by atoms with E-state index in [1.807, 2.05) is 23.6 Å². The molecule has 2 saturated heterocycles. The number of hydrogen-bond acceptors (Lipinski definition) is 4. The van der Waals surface area contributed by atoms with E-state index in [9.17, 15) is 9.59 Å². The Balaban J connectivity index is 1.69. The molecule has 2 atom stereocenters. The molecule has 0 spiro atoms. The molecule has 6 heteroatoms. The van der Waals surface area contributed by atoms with Crippen molar-refractivity contribution in [3.05, 3.63) is 23.2 Å². The number of furan rings is 1. The van der Waals surface area contributed by atoms with Gasteiger partial charge in [-0.15, -0.1) is 0 Å². The number of ether oxygens (including phenoxy) is 1. The Bertz CT molecular complexity index is 610. The van der Waals surface area contributed by atoms with Crippen LogP contribution in [0.5, 0.6) is 0 Å². The fourth-order valence-corrected chi connectivity index (χ4v) is 3.54. The van der Waals surface area contributed by atoms with Gasteiger partial charge in [0.25, 0.3) is 5.91 Å². The van der Waals surface area contributed by atoms with E-state index in [1.165, 1.54) is 0 Å². The lowest BCUT2D eigenvalue weighted by Crippen LogP contribution is -2.49. The number of carbonyl (C=O) groups is 2. The molecular weight excluding hydrogens is 296 g/mol. The normalized spacial score (nSPS) is 25.0. The third kappa shape index (κ3) is 3.27.